The second kappa shape index (κ2) is 7.65. The highest BCUT2D eigenvalue weighted by molar-refractivity contribution is 8.01. The van der Waals surface area contributed by atoms with Crippen molar-refractivity contribution in [1.82, 2.24) is 4.98 Å². The van der Waals surface area contributed by atoms with Crippen molar-refractivity contribution < 1.29 is 14.7 Å². The zero-order valence-electron chi connectivity index (χ0n) is 13.7. The van der Waals surface area contributed by atoms with Crippen LogP contribution in [0.4, 0.5) is 0 Å². The second-order valence-electron chi connectivity index (χ2n) is 5.64. The Bertz CT molecular complexity index is 707. The molecule has 2 aromatic rings. The number of aromatic nitrogens is 1. The summed E-state index contributed by atoms with van der Waals surface area (Å²) in [5.74, 6) is 0. The van der Waals surface area contributed by atoms with Gasteiger partial charge in [0.1, 0.15) is 5.03 Å². The van der Waals surface area contributed by atoms with Gasteiger partial charge in [-0.2, -0.15) is 0 Å². The molecule has 3 rings (SSSR count). The zero-order chi connectivity index (χ0) is 17.0. The minimum atomic E-state index is -0.223. The van der Waals surface area contributed by atoms with Crippen molar-refractivity contribution in [3.8, 4) is 0 Å². The average molecular weight is 364 g/mol. The van der Waals surface area contributed by atoms with Gasteiger partial charge in [0, 0.05) is 44.9 Å². The van der Waals surface area contributed by atoms with Crippen LogP contribution in [0.3, 0.4) is 0 Å². The molecule has 5 nitrogen and oxygen atoms in total. The number of methoxy groups -OCH3 is 1. The number of hydrogen-bond donors (Lipinski definition) is 1. The van der Waals surface area contributed by atoms with Crippen molar-refractivity contribution in [3.63, 3.8) is 0 Å². The molecule has 1 aliphatic rings. The Labute approximate surface area is 149 Å². The fraction of sp³-hybridized carbons (Fsp3) is 0.412. The summed E-state index contributed by atoms with van der Waals surface area (Å²) in [5.41, 5.74) is 2.37. The van der Waals surface area contributed by atoms with E-state index in [2.05, 4.69) is 21.6 Å². The first-order chi connectivity index (χ1) is 11.7. The molecular formula is C17H20N2O3S2. The minimum Gasteiger partial charge on any atom is -0.411 e. The summed E-state index contributed by atoms with van der Waals surface area (Å²) < 4.78 is 12.5. The first kappa shape index (κ1) is 17.4. The Morgan fingerprint density at radius 2 is 2.21 bits per heavy atom. The Balaban J connectivity index is 1.74. The third-order valence-electron chi connectivity index (χ3n) is 4.30. The third kappa shape index (κ3) is 3.64. The molecule has 0 spiro atoms. The van der Waals surface area contributed by atoms with Crippen molar-refractivity contribution in [3.05, 3.63) is 40.9 Å². The van der Waals surface area contributed by atoms with Crippen LogP contribution < -0.4 is 0 Å². The van der Waals surface area contributed by atoms with E-state index in [-0.39, 0.29) is 5.60 Å². The van der Waals surface area contributed by atoms with Crippen LogP contribution in [0.5, 0.6) is 0 Å². The molecule has 0 aromatic carbocycles. The highest BCUT2D eigenvalue weighted by Gasteiger charge is 2.35. The molecule has 1 N–H and O–H groups in total. The summed E-state index contributed by atoms with van der Waals surface area (Å²) in [5, 5.41) is 15.1. The van der Waals surface area contributed by atoms with Gasteiger partial charge in [0.15, 0.2) is 0 Å². The number of nitrogens with zero attached hydrogens (tertiary/aromatic N) is 2. The van der Waals surface area contributed by atoms with Crippen LogP contribution in [-0.2, 0) is 15.1 Å². The van der Waals surface area contributed by atoms with Crippen LogP contribution in [0, 0.1) is 0 Å². The molecule has 1 aliphatic heterocycles. The molecule has 0 aliphatic carbocycles. The molecule has 128 valence electrons. The lowest BCUT2D eigenvalue weighted by Gasteiger charge is -2.35. The quantitative estimate of drug-likeness (QED) is 0.491. The lowest BCUT2D eigenvalue weighted by molar-refractivity contribution is -0.0946. The molecule has 0 amide bonds. The Morgan fingerprint density at radius 3 is 2.83 bits per heavy atom. The van der Waals surface area contributed by atoms with E-state index in [1.54, 1.807) is 43.3 Å². The molecule has 0 bridgehead atoms. The summed E-state index contributed by atoms with van der Waals surface area (Å²) in [6.07, 6.45) is 3.50. The minimum absolute atomic E-state index is 0.223. The highest BCUT2D eigenvalue weighted by atomic mass is 32.2. The van der Waals surface area contributed by atoms with Crippen molar-refractivity contribution >= 4 is 28.8 Å². The maximum atomic E-state index is 8.80. The molecule has 3 heterocycles. The van der Waals surface area contributed by atoms with E-state index in [1.807, 2.05) is 12.1 Å². The normalized spacial score (nSPS) is 17.8. The second-order valence-corrected chi connectivity index (χ2v) is 7.87. The summed E-state index contributed by atoms with van der Waals surface area (Å²) in [4.78, 5) is 4.43. The van der Waals surface area contributed by atoms with Gasteiger partial charge < -0.3 is 14.7 Å². The number of ether oxygens (including phenoxy) is 2. The van der Waals surface area contributed by atoms with E-state index >= 15 is 0 Å². The van der Waals surface area contributed by atoms with Gasteiger partial charge in [-0.15, -0.1) is 11.3 Å². The monoisotopic (exact) mass is 364 g/mol. The van der Waals surface area contributed by atoms with Crippen LogP contribution in [0.25, 0.3) is 0 Å². The van der Waals surface area contributed by atoms with Gasteiger partial charge in [0.2, 0.25) is 0 Å². The molecule has 1 saturated heterocycles. The summed E-state index contributed by atoms with van der Waals surface area (Å²) in [6, 6.07) is 6.04. The molecule has 0 unspecified atom stereocenters. The molecule has 2 aromatic heterocycles. The van der Waals surface area contributed by atoms with E-state index in [4.69, 9.17) is 14.7 Å². The number of rotatable bonds is 5. The predicted octanol–water partition coefficient (Wildman–Crippen LogP) is 4.14. The van der Waals surface area contributed by atoms with Crippen LogP contribution >= 0.6 is 23.1 Å². The molecule has 0 saturated carbocycles. The molecule has 0 atom stereocenters. The summed E-state index contributed by atoms with van der Waals surface area (Å²) in [6.45, 7) is 3.22. The molecule has 7 heteroatoms. The first-order valence-corrected chi connectivity index (χ1v) is 9.41. The van der Waals surface area contributed by atoms with Crippen molar-refractivity contribution in [1.29, 1.82) is 0 Å². The topological polar surface area (TPSA) is 63.9 Å². The Hall–Kier alpha value is -1.41. The number of pyridine rings is 1. The van der Waals surface area contributed by atoms with Crippen molar-refractivity contribution in [2.24, 2.45) is 5.16 Å². The van der Waals surface area contributed by atoms with Gasteiger partial charge in [-0.1, -0.05) is 16.9 Å². The lowest BCUT2D eigenvalue weighted by Crippen LogP contribution is -2.35. The molecule has 24 heavy (non-hydrogen) atoms. The number of thiophene rings is 1. The SMILES string of the molecule is COC1(c2csc(Sc3ccc(/C(C)=N/O)cn3)c2)CCOCC1. The van der Waals surface area contributed by atoms with Gasteiger partial charge >= 0.3 is 0 Å². The van der Waals surface area contributed by atoms with E-state index < -0.39 is 0 Å². The highest BCUT2D eigenvalue weighted by Crippen LogP contribution is 2.41. The van der Waals surface area contributed by atoms with Crippen LogP contribution in [0.2, 0.25) is 0 Å². The van der Waals surface area contributed by atoms with Crippen LogP contribution in [0.15, 0.2) is 44.2 Å². The lowest BCUT2D eigenvalue weighted by atomic mass is 9.88. The standard InChI is InChI=1S/C17H20N2O3S2/c1-12(19-20)13-3-4-15(18-10-13)24-16-9-14(11-23-16)17(21-2)5-7-22-8-6-17/h3-4,9-11,20H,5-8H2,1-2H3/b19-12+. The van der Waals surface area contributed by atoms with Gasteiger partial charge in [-0.3, -0.25) is 0 Å². The fourth-order valence-corrected chi connectivity index (χ4v) is 4.68. The average Bonchev–Trinajstić information content (AvgIpc) is 3.11. The third-order valence-corrected chi connectivity index (χ3v) is 6.33. The molecule has 0 radical (unpaired) electrons. The summed E-state index contributed by atoms with van der Waals surface area (Å²) >= 11 is 3.33. The smallest absolute Gasteiger partial charge is 0.102 e. The maximum Gasteiger partial charge on any atom is 0.102 e. The molecule has 1 fully saturated rings. The number of oxime groups is 1. The Kier molecular flexibility index (Phi) is 5.55. The van der Waals surface area contributed by atoms with Crippen molar-refractivity contribution in [2.75, 3.05) is 20.3 Å². The summed E-state index contributed by atoms with van der Waals surface area (Å²) in [7, 11) is 1.78. The first-order valence-electron chi connectivity index (χ1n) is 7.72. The van der Waals surface area contributed by atoms with Gasteiger partial charge in [0.05, 0.1) is 15.5 Å². The maximum absolute atomic E-state index is 8.80. The largest absolute Gasteiger partial charge is 0.411 e. The van der Waals surface area contributed by atoms with E-state index in [0.717, 1.165) is 36.6 Å². The van der Waals surface area contributed by atoms with Crippen LogP contribution in [-0.4, -0.2) is 36.2 Å². The number of hydrogen-bond acceptors (Lipinski definition) is 7. The van der Waals surface area contributed by atoms with Gasteiger partial charge in [0.25, 0.3) is 0 Å². The van der Waals surface area contributed by atoms with E-state index in [0.29, 0.717) is 5.71 Å². The van der Waals surface area contributed by atoms with Crippen molar-refractivity contribution in [2.45, 2.75) is 34.6 Å². The molecular weight excluding hydrogens is 344 g/mol. The van der Waals surface area contributed by atoms with Crippen LogP contribution in [0.1, 0.15) is 30.9 Å². The Morgan fingerprint density at radius 1 is 1.42 bits per heavy atom. The van der Waals surface area contributed by atoms with Gasteiger partial charge in [-0.05, 0) is 36.1 Å². The predicted molar refractivity (Wildman–Crippen MR) is 95.4 cm³/mol. The van der Waals surface area contributed by atoms with E-state index in [9.17, 15) is 0 Å². The fourth-order valence-electron chi connectivity index (χ4n) is 2.74. The van der Waals surface area contributed by atoms with E-state index in [1.165, 1.54) is 9.77 Å². The zero-order valence-corrected chi connectivity index (χ0v) is 15.3. The van der Waals surface area contributed by atoms with Gasteiger partial charge in [-0.25, -0.2) is 4.98 Å².